The van der Waals surface area contributed by atoms with Gasteiger partial charge in [0.2, 0.25) is 0 Å². The third kappa shape index (κ3) is 5.74. The summed E-state index contributed by atoms with van der Waals surface area (Å²) < 4.78 is 16.0. The van der Waals surface area contributed by atoms with Crippen LogP contribution in [0, 0.1) is 5.41 Å². The molecule has 0 N–H and O–H groups in total. The fourth-order valence-electron chi connectivity index (χ4n) is 2.82. The Bertz CT molecular complexity index is 444. The predicted molar refractivity (Wildman–Crippen MR) is 88.3 cm³/mol. The van der Waals surface area contributed by atoms with Crippen LogP contribution in [0.25, 0.3) is 0 Å². The molecule has 1 saturated heterocycles. The van der Waals surface area contributed by atoms with E-state index in [1.54, 1.807) is 19.9 Å². The topological polar surface area (TPSA) is 78.9 Å². The van der Waals surface area contributed by atoms with Gasteiger partial charge in [-0.2, -0.15) is 0 Å². The summed E-state index contributed by atoms with van der Waals surface area (Å²) >= 11 is 0. The molecule has 6 heteroatoms. The Morgan fingerprint density at radius 3 is 2.21 bits per heavy atom. The van der Waals surface area contributed by atoms with Crippen LogP contribution in [0.2, 0.25) is 0 Å². The minimum absolute atomic E-state index is 0.0596. The number of rotatable bonds is 9. The summed E-state index contributed by atoms with van der Waals surface area (Å²) in [6, 6.07) is 0. The van der Waals surface area contributed by atoms with Crippen LogP contribution in [0.1, 0.15) is 52.9 Å². The Morgan fingerprint density at radius 2 is 1.75 bits per heavy atom. The van der Waals surface area contributed by atoms with Crippen LogP contribution in [0.4, 0.5) is 0 Å². The van der Waals surface area contributed by atoms with Crippen molar-refractivity contribution in [1.29, 1.82) is 0 Å². The quantitative estimate of drug-likeness (QED) is 0.365. The zero-order valence-corrected chi connectivity index (χ0v) is 14.8. The molecule has 0 bridgehead atoms. The highest BCUT2D eigenvalue weighted by atomic mass is 16.6. The number of ether oxygens (including phenoxy) is 3. The molecule has 0 radical (unpaired) electrons. The van der Waals surface area contributed by atoms with Crippen molar-refractivity contribution in [3.05, 3.63) is 12.2 Å². The van der Waals surface area contributed by atoms with Crippen LogP contribution in [0.5, 0.6) is 0 Å². The molecule has 6 nitrogen and oxygen atoms in total. The Kier molecular flexibility index (Phi) is 8.68. The summed E-state index contributed by atoms with van der Waals surface area (Å²) in [7, 11) is 0. The van der Waals surface area contributed by atoms with Crippen molar-refractivity contribution in [1.82, 2.24) is 0 Å². The number of ketones is 1. The second-order valence-corrected chi connectivity index (χ2v) is 5.93. The fraction of sp³-hybridized carbons (Fsp3) is 0.722. The predicted octanol–water partition coefficient (Wildman–Crippen LogP) is 2.59. The summed E-state index contributed by atoms with van der Waals surface area (Å²) in [5.41, 5.74) is -1.47. The zero-order chi connectivity index (χ0) is 18.0. The van der Waals surface area contributed by atoms with Crippen molar-refractivity contribution < 1.29 is 28.6 Å². The number of esters is 2. The minimum atomic E-state index is -1.47. The first-order valence-corrected chi connectivity index (χ1v) is 8.59. The van der Waals surface area contributed by atoms with Gasteiger partial charge in [-0.1, -0.05) is 6.08 Å². The summed E-state index contributed by atoms with van der Waals surface area (Å²) in [5, 5.41) is 0. The van der Waals surface area contributed by atoms with Gasteiger partial charge in [0.15, 0.2) is 11.2 Å². The summed E-state index contributed by atoms with van der Waals surface area (Å²) in [6.07, 6.45) is 5.72. The number of hydrogen-bond donors (Lipinski definition) is 0. The first kappa shape index (κ1) is 20.4. The van der Waals surface area contributed by atoms with Crippen LogP contribution >= 0.6 is 0 Å². The lowest BCUT2D eigenvalue weighted by Crippen LogP contribution is -2.45. The van der Waals surface area contributed by atoms with E-state index in [1.807, 2.05) is 0 Å². The van der Waals surface area contributed by atoms with E-state index in [2.05, 4.69) is 0 Å². The van der Waals surface area contributed by atoms with Crippen LogP contribution in [0.3, 0.4) is 0 Å². The first-order chi connectivity index (χ1) is 11.5. The highest BCUT2D eigenvalue weighted by Crippen LogP contribution is 2.36. The van der Waals surface area contributed by atoms with E-state index in [0.29, 0.717) is 6.61 Å². The molecular formula is C18H28O6. The molecule has 1 heterocycles. The van der Waals surface area contributed by atoms with Gasteiger partial charge >= 0.3 is 11.9 Å². The maximum atomic E-state index is 12.6. The molecule has 1 aliphatic rings. The molecule has 0 aromatic carbocycles. The smallest absolute Gasteiger partial charge is 0.323 e. The van der Waals surface area contributed by atoms with E-state index in [9.17, 15) is 14.4 Å². The van der Waals surface area contributed by atoms with Crippen molar-refractivity contribution >= 4 is 17.7 Å². The van der Waals surface area contributed by atoms with E-state index in [1.165, 1.54) is 13.0 Å². The van der Waals surface area contributed by atoms with Gasteiger partial charge in [0.25, 0.3) is 0 Å². The Labute approximate surface area is 143 Å². The number of hydrogen-bond acceptors (Lipinski definition) is 6. The third-order valence-electron chi connectivity index (χ3n) is 4.00. The standard InChI is InChI=1S/C18H28O6/c1-4-22-16(20)18(17(21)23-5-2,11-8-9-14(3)19)13-15-10-6-7-12-24-15/h8-9,15H,4-7,10-13H2,1-3H3/b9-8-. The Morgan fingerprint density at radius 1 is 1.12 bits per heavy atom. The van der Waals surface area contributed by atoms with Crippen molar-refractivity contribution in [2.24, 2.45) is 5.41 Å². The van der Waals surface area contributed by atoms with E-state index in [0.717, 1.165) is 19.3 Å². The maximum absolute atomic E-state index is 12.6. The molecule has 0 aliphatic carbocycles. The van der Waals surface area contributed by atoms with Gasteiger partial charge in [-0.05, 0) is 52.5 Å². The third-order valence-corrected chi connectivity index (χ3v) is 4.00. The molecule has 0 saturated carbocycles. The lowest BCUT2D eigenvalue weighted by atomic mass is 9.77. The second-order valence-electron chi connectivity index (χ2n) is 5.93. The zero-order valence-electron chi connectivity index (χ0n) is 14.8. The Balaban J connectivity index is 3.10. The number of carbonyl (C=O) groups is 3. The lowest BCUT2D eigenvalue weighted by Gasteiger charge is -2.33. The molecule has 1 atom stereocenters. The molecule has 136 valence electrons. The maximum Gasteiger partial charge on any atom is 0.323 e. The lowest BCUT2D eigenvalue weighted by molar-refractivity contribution is -0.176. The second kappa shape index (κ2) is 10.2. The molecule has 0 amide bonds. The van der Waals surface area contributed by atoms with Crippen LogP contribution in [-0.4, -0.2) is 43.6 Å². The van der Waals surface area contributed by atoms with Crippen LogP contribution < -0.4 is 0 Å². The fourth-order valence-corrected chi connectivity index (χ4v) is 2.82. The van der Waals surface area contributed by atoms with E-state index in [-0.39, 0.29) is 37.9 Å². The molecular weight excluding hydrogens is 312 g/mol. The number of allylic oxidation sites excluding steroid dienone is 2. The van der Waals surface area contributed by atoms with E-state index in [4.69, 9.17) is 14.2 Å². The van der Waals surface area contributed by atoms with Crippen molar-refractivity contribution in [2.75, 3.05) is 19.8 Å². The van der Waals surface area contributed by atoms with Crippen molar-refractivity contribution in [2.45, 2.75) is 59.0 Å². The summed E-state index contributed by atoms with van der Waals surface area (Å²) in [6.45, 7) is 5.75. The van der Waals surface area contributed by atoms with Crippen molar-refractivity contribution in [3.63, 3.8) is 0 Å². The van der Waals surface area contributed by atoms with Gasteiger partial charge < -0.3 is 14.2 Å². The number of carbonyl (C=O) groups excluding carboxylic acids is 3. The first-order valence-electron chi connectivity index (χ1n) is 8.59. The highest BCUT2D eigenvalue weighted by molar-refractivity contribution is 6.00. The summed E-state index contributed by atoms with van der Waals surface area (Å²) in [5.74, 6) is -1.39. The largest absolute Gasteiger partial charge is 0.465 e. The molecule has 0 spiro atoms. The van der Waals surface area contributed by atoms with Crippen LogP contribution in [-0.2, 0) is 28.6 Å². The monoisotopic (exact) mass is 340 g/mol. The molecule has 0 aromatic heterocycles. The molecule has 24 heavy (non-hydrogen) atoms. The van der Waals surface area contributed by atoms with Crippen LogP contribution in [0.15, 0.2) is 12.2 Å². The highest BCUT2D eigenvalue weighted by Gasteiger charge is 2.49. The Hall–Kier alpha value is -1.69. The van der Waals surface area contributed by atoms with Gasteiger partial charge in [-0.3, -0.25) is 14.4 Å². The van der Waals surface area contributed by atoms with E-state index >= 15 is 0 Å². The molecule has 1 unspecified atom stereocenters. The molecule has 0 aromatic rings. The average Bonchev–Trinajstić information content (AvgIpc) is 2.55. The van der Waals surface area contributed by atoms with E-state index < -0.39 is 17.4 Å². The molecule has 1 fully saturated rings. The molecule has 1 aliphatic heterocycles. The average molecular weight is 340 g/mol. The SMILES string of the molecule is CCOC(=O)C(C/C=C\C(C)=O)(CC1CCCCO1)C(=O)OCC. The molecule has 1 rings (SSSR count). The minimum Gasteiger partial charge on any atom is -0.465 e. The normalized spacial score (nSPS) is 18.4. The van der Waals surface area contributed by atoms with Crippen molar-refractivity contribution in [3.8, 4) is 0 Å². The van der Waals surface area contributed by atoms with Gasteiger partial charge in [0.1, 0.15) is 0 Å². The van der Waals surface area contributed by atoms with Gasteiger partial charge in [0, 0.05) is 13.0 Å². The van der Waals surface area contributed by atoms with Gasteiger partial charge in [0.05, 0.1) is 19.3 Å². The van der Waals surface area contributed by atoms with Gasteiger partial charge in [-0.25, -0.2) is 0 Å². The van der Waals surface area contributed by atoms with Gasteiger partial charge in [-0.15, -0.1) is 0 Å². The summed E-state index contributed by atoms with van der Waals surface area (Å²) in [4.78, 5) is 36.4.